The van der Waals surface area contributed by atoms with Gasteiger partial charge >= 0.3 is 5.69 Å². The molecule has 1 amide bonds. The third-order valence-corrected chi connectivity index (χ3v) is 3.41. The Hall–Kier alpha value is -3.16. The molecule has 0 spiro atoms. The maximum absolute atomic E-state index is 11.8. The first-order valence-corrected chi connectivity index (χ1v) is 7.24. The van der Waals surface area contributed by atoms with Crippen LogP contribution in [0.5, 0.6) is 5.75 Å². The molecule has 0 unspecified atom stereocenters. The summed E-state index contributed by atoms with van der Waals surface area (Å²) in [5.74, 6) is -0.464. The molecule has 1 aromatic carbocycles. The second-order valence-corrected chi connectivity index (χ2v) is 5.22. The Kier molecular flexibility index (Phi) is 5.31. The van der Waals surface area contributed by atoms with Gasteiger partial charge in [0.05, 0.1) is 10.6 Å². The molecule has 1 heterocycles. The van der Waals surface area contributed by atoms with Crippen molar-refractivity contribution < 1.29 is 14.5 Å². The Morgan fingerprint density at radius 2 is 2.08 bits per heavy atom. The van der Waals surface area contributed by atoms with Crippen molar-refractivity contribution in [3.05, 3.63) is 57.4 Å². The molecule has 8 nitrogen and oxygen atoms in total. The van der Waals surface area contributed by atoms with Crippen molar-refractivity contribution in [1.82, 2.24) is 10.4 Å². The number of ether oxygens (including phenoxy) is 1. The zero-order valence-corrected chi connectivity index (χ0v) is 13.6. The molecule has 0 bridgehead atoms. The number of hydrogen-bond donors (Lipinski definition) is 2. The lowest BCUT2D eigenvalue weighted by Crippen LogP contribution is -2.26. The molecule has 0 atom stereocenters. The fraction of sp³-hybridized carbons (Fsp3) is 0.250. The molecule has 0 aliphatic rings. The van der Waals surface area contributed by atoms with Gasteiger partial charge in [-0.15, -0.1) is 0 Å². The Balaban J connectivity index is 1.97. The Morgan fingerprint density at radius 3 is 2.71 bits per heavy atom. The maximum atomic E-state index is 11.8. The number of H-pyrrole nitrogens is 1. The molecular formula is C16H18N4O4. The number of benzene rings is 1. The van der Waals surface area contributed by atoms with E-state index < -0.39 is 10.8 Å². The van der Waals surface area contributed by atoms with Crippen LogP contribution in [0.2, 0.25) is 0 Å². The molecule has 0 aliphatic carbocycles. The standard InChI is InChI=1S/C16H18N4O4/c1-10-8-17-11(2)16(10)12(3)18-19-15(21)9-24-14-7-5-4-6-13(14)20(22)23/h4-8,17H,9H2,1-3H3,(H,19,21)/b18-12+. The molecule has 2 rings (SSSR count). The molecule has 2 aromatic rings. The number of rotatable bonds is 6. The van der Waals surface area contributed by atoms with Crippen molar-refractivity contribution in [3.63, 3.8) is 0 Å². The summed E-state index contributed by atoms with van der Waals surface area (Å²) in [6.07, 6.45) is 1.86. The van der Waals surface area contributed by atoms with Crippen molar-refractivity contribution >= 4 is 17.3 Å². The minimum absolute atomic E-state index is 0.0377. The average Bonchev–Trinajstić information content (AvgIpc) is 2.89. The van der Waals surface area contributed by atoms with E-state index >= 15 is 0 Å². The number of aryl methyl sites for hydroxylation is 2. The molecular weight excluding hydrogens is 312 g/mol. The number of nitrogens with one attached hydrogen (secondary N) is 2. The van der Waals surface area contributed by atoms with Gasteiger partial charge < -0.3 is 9.72 Å². The Labute approximate surface area is 138 Å². The van der Waals surface area contributed by atoms with Gasteiger partial charge in [0.2, 0.25) is 0 Å². The zero-order chi connectivity index (χ0) is 17.7. The van der Waals surface area contributed by atoms with Crippen molar-refractivity contribution in [2.45, 2.75) is 20.8 Å². The quantitative estimate of drug-likeness (QED) is 0.481. The highest BCUT2D eigenvalue weighted by Crippen LogP contribution is 2.25. The average molecular weight is 330 g/mol. The van der Waals surface area contributed by atoms with E-state index in [1.807, 2.05) is 20.0 Å². The van der Waals surface area contributed by atoms with Crippen molar-refractivity contribution in [3.8, 4) is 5.75 Å². The van der Waals surface area contributed by atoms with Crippen LogP contribution < -0.4 is 10.2 Å². The smallest absolute Gasteiger partial charge is 0.310 e. The van der Waals surface area contributed by atoms with Crippen LogP contribution in [0.25, 0.3) is 0 Å². The summed E-state index contributed by atoms with van der Waals surface area (Å²) < 4.78 is 5.20. The highest BCUT2D eigenvalue weighted by Gasteiger charge is 2.15. The van der Waals surface area contributed by atoms with Gasteiger partial charge in [-0.05, 0) is 32.4 Å². The summed E-state index contributed by atoms with van der Waals surface area (Å²) in [6.45, 7) is 5.28. The minimum atomic E-state index is -0.563. The van der Waals surface area contributed by atoms with Crippen LogP contribution in [0.4, 0.5) is 5.69 Å². The fourth-order valence-electron chi connectivity index (χ4n) is 2.32. The van der Waals surface area contributed by atoms with E-state index in [4.69, 9.17) is 4.74 Å². The van der Waals surface area contributed by atoms with Crippen LogP contribution in [0.3, 0.4) is 0 Å². The van der Waals surface area contributed by atoms with Gasteiger partial charge in [0.1, 0.15) is 0 Å². The van der Waals surface area contributed by atoms with Gasteiger partial charge in [-0.1, -0.05) is 12.1 Å². The zero-order valence-electron chi connectivity index (χ0n) is 13.6. The summed E-state index contributed by atoms with van der Waals surface area (Å²) in [5.41, 5.74) is 5.78. The van der Waals surface area contributed by atoms with E-state index in [-0.39, 0.29) is 18.0 Å². The molecule has 8 heteroatoms. The van der Waals surface area contributed by atoms with E-state index in [1.165, 1.54) is 18.2 Å². The lowest BCUT2D eigenvalue weighted by Gasteiger charge is -2.06. The third kappa shape index (κ3) is 3.97. The summed E-state index contributed by atoms with van der Waals surface area (Å²) in [6, 6.07) is 5.87. The van der Waals surface area contributed by atoms with Gasteiger partial charge in [-0.25, -0.2) is 5.43 Å². The van der Waals surface area contributed by atoms with Crippen LogP contribution in [-0.2, 0) is 4.79 Å². The lowest BCUT2D eigenvalue weighted by molar-refractivity contribution is -0.385. The summed E-state index contributed by atoms with van der Waals surface area (Å²) >= 11 is 0. The second kappa shape index (κ2) is 7.40. The molecule has 24 heavy (non-hydrogen) atoms. The number of nitro benzene ring substituents is 1. The fourth-order valence-corrected chi connectivity index (χ4v) is 2.32. The summed E-state index contributed by atoms with van der Waals surface area (Å²) in [4.78, 5) is 25.2. The first-order chi connectivity index (χ1) is 11.4. The normalized spacial score (nSPS) is 11.2. The number of aromatic amines is 1. The largest absolute Gasteiger partial charge is 0.477 e. The number of para-hydroxylation sites is 2. The van der Waals surface area contributed by atoms with E-state index in [9.17, 15) is 14.9 Å². The van der Waals surface area contributed by atoms with E-state index in [0.29, 0.717) is 5.71 Å². The van der Waals surface area contributed by atoms with Crippen LogP contribution in [0, 0.1) is 24.0 Å². The topological polar surface area (TPSA) is 110 Å². The molecule has 0 saturated heterocycles. The van der Waals surface area contributed by atoms with Gasteiger partial charge in [-0.2, -0.15) is 5.10 Å². The minimum Gasteiger partial charge on any atom is -0.477 e. The Bertz CT molecular complexity index is 776. The molecule has 1 aromatic heterocycles. The highest BCUT2D eigenvalue weighted by atomic mass is 16.6. The van der Waals surface area contributed by atoms with Crippen LogP contribution in [-0.4, -0.2) is 28.1 Å². The SMILES string of the molecule is C/C(=N\NC(=O)COc1ccccc1[N+](=O)[O-])c1c(C)c[nH]c1C. The second-order valence-electron chi connectivity index (χ2n) is 5.22. The Morgan fingerprint density at radius 1 is 1.38 bits per heavy atom. The monoisotopic (exact) mass is 330 g/mol. The maximum Gasteiger partial charge on any atom is 0.310 e. The molecule has 2 N–H and O–H groups in total. The van der Waals surface area contributed by atoms with Crippen LogP contribution in [0.15, 0.2) is 35.6 Å². The lowest BCUT2D eigenvalue weighted by atomic mass is 10.1. The number of nitrogens with zero attached hydrogens (tertiary/aromatic N) is 2. The predicted molar refractivity (Wildman–Crippen MR) is 89.2 cm³/mol. The van der Waals surface area contributed by atoms with Crippen LogP contribution >= 0.6 is 0 Å². The molecule has 126 valence electrons. The van der Waals surface area contributed by atoms with Gasteiger partial charge in [-0.3, -0.25) is 14.9 Å². The van der Waals surface area contributed by atoms with Gasteiger partial charge in [0.25, 0.3) is 5.91 Å². The number of hydrazone groups is 1. The van der Waals surface area contributed by atoms with Crippen molar-refractivity contribution in [2.24, 2.45) is 5.10 Å². The van der Waals surface area contributed by atoms with Crippen LogP contribution in [0.1, 0.15) is 23.7 Å². The molecule has 0 aliphatic heterocycles. The van der Waals surface area contributed by atoms with Gasteiger partial charge in [0, 0.05) is 23.5 Å². The van der Waals surface area contributed by atoms with Gasteiger partial charge in [0.15, 0.2) is 12.4 Å². The van der Waals surface area contributed by atoms with E-state index in [2.05, 4.69) is 15.5 Å². The first-order valence-electron chi connectivity index (χ1n) is 7.24. The van der Waals surface area contributed by atoms with Crippen molar-refractivity contribution in [1.29, 1.82) is 0 Å². The summed E-state index contributed by atoms with van der Waals surface area (Å²) in [5, 5.41) is 14.9. The molecule has 0 fully saturated rings. The number of carbonyl (C=O) groups excluding carboxylic acids is 1. The number of aromatic nitrogens is 1. The predicted octanol–water partition coefficient (Wildman–Crippen LogP) is 2.46. The first kappa shape index (κ1) is 17.2. The third-order valence-electron chi connectivity index (χ3n) is 3.41. The molecule has 0 radical (unpaired) electrons. The number of hydrogen-bond acceptors (Lipinski definition) is 5. The van der Waals surface area contributed by atoms with E-state index in [1.54, 1.807) is 13.0 Å². The van der Waals surface area contributed by atoms with E-state index in [0.717, 1.165) is 16.8 Å². The highest BCUT2D eigenvalue weighted by molar-refractivity contribution is 6.01. The number of nitro groups is 1. The summed E-state index contributed by atoms with van der Waals surface area (Å²) in [7, 11) is 0. The number of amides is 1. The number of carbonyl (C=O) groups is 1. The van der Waals surface area contributed by atoms with Crippen molar-refractivity contribution in [2.75, 3.05) is 6.61 Å². The molecule has 0 saturated carbocycles.